The number of aldehydes is 1. The molecule has 1 heteroatoms. The van der Waals surface area contributed by atoms with Gasteiger partial charge in [-0.25, -0.2) is 0 Å². The highest BCUT2D eigenvalue weighted by atomic mass is 16.1. The zero-order valence-corrected chi connectivity index (χ0v) is 6.92. The monoisotopic (exact) mass is 150 g/mol. The standard InChI is InChI=1S/C10H14O/c1-7-4-10-5-8(7)2-3-9(10)6-11/h3,6-8,10H,2,4-5H2,1H3. The van der Waals surface area contributed by atoms with E-state index in [1.54, 1.807) is 0 Å². The summed E-state index contributed by atoms with van der Waals surface area (Å²) in [6.45, 7) is 2.31. The zero-order valence-electron chi connectivity index (χ0n) is 6.92. The van der Waals surface area contributed by atoms with Crippen molar-refractivity contribution in [1.82, 2.24) is 0 Å². The first kappa shape index (κ1) is 7.08. The molecular weight excluding hydrogens is 136 g/mol. The lowest BCUT2D eigenvalue weighted by atomic mass is 9.88. The molecule has 1 saturated carbocycles. The second-order valence-corrected chi connectivity index (χ2v) is 3.96. The number of fused-ring (bicyclic) bond motifs is 2. The summed E-state index contributed by atoms with van der Waals surface area (Å²) in [4.78, 5) is 10.6. The second-order valence-electron chi connectivity index (χ2n) is 3.96. The lowest BCUT2D eigenvalue weighted by Gasteiger charge is -2.16. The Morgan fingerprint density at radius 3 is 3.09 bits per heavy atom. The van der Waals surface area contributed by atoms with Crippen molar-refractivity contribution in [2.45, 2.75) is 26.2 Å². The average Bonchev–Trinajstić information content (AvgIpc) is 2.30. The molecule has 2 aliphatic carbocycles. The normalized spacial score (nSPS) is 41.9. The third kappa shape index (κ3) is 1.03. The van der Waals surface area contributed by atoms with E-state index in [1.165, 1.54) is 12.8 Å². The van der Waals surface area contributed by atoms with Gasteiger partial charge in [0.2, 0.25) is 0 Å². The van der Waals surface area contributed by atoms with Crippen LogP contribution < -0.4 is 0 Å². The van der Waals surface area contributed by atoms with Gasteiger partial charge in [-0.05, 0) is 42.6 Å². The maximum atomic E-state index is 10.6. The Balaban J connectivity index is 2.20. The van der Waals surface area contributed by atoms with Crippen molar-refractivity contribution >= 4 is 6.29 Å². The highest BCUT2D eigenvalue weighted by molar-refractivity contribution is 5.74. The fourth-order valence-corrected chi connectivity index (χ4v) is 2.53. The van der Waals surface area contributed by atoms with Crippen molar-refractivity contribution in [2.75, 3.05) is 0 Å². The summed E-state index contributed by atoms with van der Waals surface area (Å²) in [5, 5.41) is 0. The Morgan fingerprint density at radius 2 is 2.36 bits per heavy atom. The van der Waals surface area contributed by atoms with E-state index < -0.39 is 0 Å². The number of carbonyl (C=O) groups excluding carboxylic acids is 1. The van der Waals surface area contributed by atoms with Crippen molar-refractivity contribution < 1.29 is 4.79 Å². The van der Waals surface area contributed by atoms with Gasteiger partial charge >= 0.3 is 0 Å². The molecule has 0 amide bonds. The van der Waals surface area contributed by atoms with E-state index in [4.69, 9.17) is 0 Å². The van der Waals surface area contributed by atoms with Crippen molar-refractivity contribution in [1.29, 1.82) is 0 Å². The molecule has 1 fully saturated rings. The molecular formula is C10H14O. The predicted molar refractivity (Wildman–Crippen MR) is 44.1 cm³/mol. The molecule has 0 heterocycles. The van der Waals surface area contributed by atoms with Gasteiger partial charge in [0.05, 0.1) is 0 Å². The van der Waals surface area contributed by atoms with Gasteiger partial charge in [0.1, 0.15) is 6.29 Å². The maximum Gasteiger partial charge on any atom is 0.145 e. The van der Waals surface area contributed by atoms with Gasteiger partial charge in [-0.15, -0.1) is 0 Å². The van der Waals surface area contributed by atoms with E-state index in [2.05, 4.69) is 13.0 Å². The molecule has 0 aliphatic heterocycles. The first-order chi connectivity index (χ1) is 5.31. The molecule has 1 nitrogen and oxygen atoms in total. The van der Waals surface area contributed by atoms with E-state index in [0.717, 1.165) is 30.1 Å². The SMILES string of the molecule is CC1CC2CC1CC=C2C=O. The molecule has 0 N–H and O–H groups in total. The lowest BCUT2D eigenvalue weighted by Crippen LogP contribution is -2.07. The number of allylic oxidation sites excluding steroid dienone is 2. The van der Waals surface area contributed by atoms with Crippen molar-refractivity contribution in [3.63, 3.8) is 0 Å². The third-order valence-corrected chi connectivity index (χ3v) is 3.31. The molecule has 0 aromatic carbocycles. The number of rotatable bonds is 1. The van der Waals surface area contributed by atoms with Crippen LogP contribution in [0.25, 0.3) is 0 Å². The molecule has 2 rings (SSSR count). The maximum absolute atomic E-state index is 10.6. The van der Waals surface area contributed by atoms with Gasteiger partial charge in [0.25, 0.3) is 0 Å². The molecule has 0 saturated heterocycles. The summed E-state index contributed by atoms with van der Waals surface area (Å²) in [6, 6.07) is 0. The molecule has 11 heavy (non-hydrogen) atoms. The van der Waals surface area contributed by atoms with Crippen molar-refractivity contribution in [3.8, 4) is 0 Å². The van der Waals surface area contributed by atoms with Crippen LogP contribution in [-0.4, -0.2) is 6.29 Å². The summed E-state index contributed by atoms with van der Waals surface area (Å²) >= 11 is 0. The Morgan fingerprint density at radius 1 is 1.55 bits per heavy atom. The Labute approximate surface area is 67.5 Å². The summed E-state index contributed by atoms with van der Waals surface area (Å²) in [5.74, 6) is 2.33. The molecule has 0 spiro atoms. The molecule has 3 atom stereocenters. The quantitative estimate of drug-likeness (QED) is 0.523. The fourth-order valence-electron chi connectivity index (χ4n) is 2.53. The van der Waals surface area contributed by atoms with Crippen molar-refractivity contribution in [3.05, 3.63) is 11.6 Å². The average molecular weight is 150 g/mol. The minimum atomic E-state index is 0.612. The first-order valence-corrected chi connectivity index (χ1v) is 4.46. The first-order valence-electron chi connectivity index (χ1n) is 4.46. The highest BCUT2D eigenvalue weighted by Gasteiger charge is 2.35. The second kappa shape index (κ2) is 2.47. The molecule has 2 aliphatic rings. The van der Waals surface area contributed by atoms with E-state index in [9.17, 15) is 4.79 Å². The minimum absolute atomic E-state index is 0.612. The third-order valence-electron chi connectivity index (χ3n) is 3.31. The molecule has 60 valence electrons. The van der Waals surface area contributed by atoms with Crippen LogP contribution in [0.5, 0.6) is 0 Å². The van der Waals surface area contributed by atoms with Gasteiger partial charge in [0.15, 0.2) is 0 Å². The van der Waals surface area contributed by atoms with E-state index in [1.807, 2.05) is 0 Å². The minimum Gasteiger partial charge on any atom is -0.298 e. The molecule has 3 unspecified atom stereocenters. The lowest BCUT2D eigenvalue weighted by molar-refractivity contribution is -0.105. The van der Waals surface area contributed by atoms with Gasteiger partial charge in [-0.2, -0.15) is 0 Å². The topological polar surface area (TPSA) is 17.1 Å². The Bertz CT molecular complexity index is 203. The Hall–Kier alpha value is -0.590. The van der Waals surface area contributed by atoms with Gasteiger partial charge in [-0.1, -0.05) is 13.0 Å². The fraction of sp³-hybridized carbons (Fsp3) is 0.700. The number of carbonyl (C=O) groups is 1. The zero-order chi connectivity index (χ0) is 7.84. The van der Waals surface area contributed by atoms with E-state index in [0.29, 0.717) is 5.92 Å². The van der Waals surface area contributed by atoms with Gasteiger partial charge in [0, 0.05) is 0 Å². The van der Waals surface area contributed by atoms with E-state index >= 15 is 0 Å². The van der Waals surface area contributed by atoms with Crippen LogP contribution >= 0.6 is 0 Å². The van der Waals surface area contributed by atoms with Crippen LogP contribution in [0, 0.1) is 17.8 Å². The van der Waals surface area contributed by atoms with Crippen molar-refractivity contribution in [2.24, 2.45) is 17.8 Å². The molecule has 2 bridgehead atoms. The highest BCUT2D eigenvalue weighted by Crippen LogP contribution is 2.44. The van der Waals surface area contributed by atoms with Gasteiger partial charge < -0.3 is 0 Å². The van der Waals surface area contributed by atoms with Crippen LogP contribution in [0.1, 0.15) is 26.2 Å². The van der Waals surface area contributed by atoms with Crippen LogP contribution in [0.3, 0.4) is 0 Å². The largest absolute Gasteiger partial charge is 0.298 e. The number of hydrogen-bond acceptors (Lipinski definition) is 1. The number of hydrogen-bond donors (Lipinski definition) is 0. The summed E-state index contributed by atoms with van der Waals surface area (Å²) in [6.07, 6.45) is 6.86. The molecule has 0 radical (unpaired) electrons. The molecule has 0 aromatic heterocycles. The molecule has 0 aromatic rings. The smallest absolute Gasteiger partial charge is 0.145 e. The van der Waals surface area contributed by atoms with E-state index in [-0.39, 0.29) is 0 Å². The predicted octanol–water partition coefficient (Wildman–Crippen LogP) is 2.18. The summed E-state index contributed by atoms with van der Waals surface area (Å²) < 4.78 is 0. The summed E-state index contributed by atoms with van der Waals surface area (Å²) in [7, 11) is 0. The van der Waals surface area contributed by atoms with Gasteiger partial charge in [-0.3, -0.25) is 4.79 Å². The van der Waals surface area contributed by atoms with Crippen LogP contribution in [0.15, 0.2) is 11.6 Å². The van der Waals surface area contributed by atoms with Crippen LogP contribution in [-0.2, 0) is 4.79 Å². The van der Waals surface area contributed by atoms with Crippen LogP contribution in [0.2, 0.25) is 0 Å². The summed E-state index contributed by atoms with van der Waals surface area (Å²) in [5.41, 5.74) is 1.07. The Kier molecular flexibility index (Phi) is 1.59. The van der Waals surface area contributed by atoms with Crippen LogP contribution in [0.4, 0.5) is 0 Å².